The molecule has 17 heteroatoms. The summed E-state index contributed by atoms with van der Waals surface area (Å²) in [7, 11) is -11.6. The molecule has 0 heterocycles. The molecule has 0 saturated heterocycles. The number of hydrogen-bond acceptors (Lipinski definition) is 6. The van der Waals surface area contributed by atoms with Crippen molar-refractivity contribution >= 4 is 43.9 Å². The van der Waals surface area contributed by atoms with E-state index in [4.69, 9.17) is 0 Å². The number of halogens is 6. The molecule has 0 aromatic heterocycles. The van der Waals surface area contributed by atoms with E-state index < -0.39 is 54.5 Å². The van der Waals surface area contributed by atoms with Gasteiger partial charge in [-0.15, -0.1) is 11.4 Å². The molecule has 2 aromatic carbocycles. The van der Waals surface area contributed by atoms with E-state index in [-0.39, 0.29) is 27.9 Å². The molecule has 0 bridgehead atoms. The fraction of sp³-hybridized carbons (Fsp3) is 0.364. The summed E-state index contributed by atoms with van der Waals surface area (Å²) in [5, 5.41) is 0. The molecule has 0 aliphatic heterocycles. The van der Waals surface area contributed by atoms with Crippen molar-refractivity contribution in [3.8, 4) is 0 Å². The van der Waals surface area contributed by atoms with Crippen molar-refractivity contribution in [3.63, 3.8) is 0 Å². The number of hydrogen-bond donors (Lipinski definition) is 0. The monoisotopic (exact) mass is 641 g/mol. The van der Waals surface area contributed by atoms with Gasteiger partial charge in [0.1, 0.15) is 0 Å². The molecule has 2 aromatic rings. The van der Waals surface area contributed by atoms with Crippen LogP contribution in [0.3, 0.4) is 0 Å². The summed E-state index contributed by atoms with van der Waals surface area (Å²) >= 11 is 0. The third-order valence-electron chi connectivity index (χ3n) is 5.40. The minimum atomic E-state index is -5.78. The standard InChI is InChI=1S/C22H20F6N4O4S2.Co/c23-21(24,25)37(33,34)31-17-9-3-1-7-15(17)13-29-19-11-5-6-12-20(19)30-14-16-8-2-4-10-18(16)32-38(35,36)22(26,27)28;/h1-4,7-10,13-14,19-20H,5-6,11-12H2;/q-2;+2/t19-,20-;/m1./s1. The van der Waals surface area contributed by atoms with Crippen LogP contribution in [0, 0.1) is 0 Å². The largest absolute Gasteiger partial charge is 2.00 e. The smallest absolute Gasteiger partial charge is 0.569 e. The van der Waals surface area contributed by atoms with Crippen molar-refractivity contribution in [2.45, 2.75) is 48.8 Å². The number of rotatable bonds is 8. The Morgan fingerprint density at radius 2 is 1.00 bits per heavy atom. The van der Waals surface area contributed by atoms with Crippen LogP contribution in [0.1, 0.15) is 36.8 Å². The number of nitrogens with zero attached hydrogens (tertiary/aromatic N) is 4. The third-order valence-corrected chi connectivity index (χ3v) is 7.44. The van der Waals surface area contributed by atoms with E-state index in [0.717, 1.165) is 25.0 Å². The summed E-state index contributed by atoms with van der Waals surface area (Å²) < 4.78 is 128. The molecule has 8 nitrogen and oxygen atoms in total. The molecule has 0 N–H and O–H groups in total. The van der Waals surface area contributed by atoms with Gasteiger partial charge in [-0.1, -0.05) is 61.4 Å². The van der Waals surface area contributed by atoms with Crippen molar-refractivity contribution < 1.29 is 60.0 Å². The fourth-order valence-corrected chi connectivity index (χ4v) is 4.57. The first-order valence-corrected chi connectivity index (χ1v) is 13.8. The number of alkyl halides is 6. The van der Waals surface area contributed by atoms with Crippen molar-refractivity contribution in [2.24, 2.45) is 9.98 Å². The van der Waals surface area contributed by atoms with Gasteiger partial charge in [-0.2, -0.15) is 26.3 Å². The predicted molar refractivity (Wildman–Crippen MR) is 130 cm³/mol. The maximum atomic E-state index is 12.8. The second-order valence-corrected chi connectivity index (χ2v) is 11.3. The zero-order valence-corrected chi connectivity index (χ0v) is 22.3. The van der Waals surface area contributed by atoms with Crippen LogP contribution in [-0.2, 0) is 36.8 Å². The molecule has 0 spiro atoms. The summed E-state index contributed by atoms with van der Waals surface area (Å²) in [6.45, 7) is 0. The second kappa shape index (κ2) is 12.7. The molecular weight excluding hydrogens is 621 g/mol. The maximum absolute atomic E-state index is 12.8. The molecule has 0 amide bonds. The van der Waals surface area contributed by atoms with Crippen LogP contribution >= 0.6 is 0 Å². The topological polar surface area (TPSA) is 121 Å². The first-order valence-electron chi connectivity index (χ1n) is 10.9. The van der Waals surface area contributed by atoms with Crippen LogP contribution in [0.4, 0.5) is 37.7 Å². The van der Waals surface area contributed by atoms with Crippen LogP contribution in [0.2, 0.25) is 0 Å². The minimum absolute atomic E-state index is 0. The first-order chi connectivity index (χ1) is 17.6. The van der Waals surface area contributed by atoms with Crippen LogP contribution in [-0.4, -0.2) is 52.4 Å². The molecule has 1 saturated carbocycles. The van der Waals surface area contributed by atoms with Gasteiger partial charge in [-0.25, -0.2) is 16.8 Å². The van der Waals surface area contributed by atoms with Gasteiger partial charge >= 0.3 is 27.8 Å². The van der Waals surface area contributed by atoms with E-state index >= 15 is 0 Å². The Kier molecular flexibility index (Phi) is 10.6. The number of sulfonamides is 2. The summed E-state index contributed by atoms with van der Waals surface area (Å²) in [6, 6.07) is 9.45. The second-order valence-electron chi connectivity index (χ2n) is 8.12. The third kappa shape index (κ3) is 8.42. The summed E-state index contributed by atoms with van der Waals surface area (Å²) in [5.41, 5.74) is -12.0. The van der Waals surface area contributed by atoms with Gasteiger partial charge in [0.25, 0.3) is 0 Å². The fourth-order valence-electron chi connectivity index (χ4n) is 3.51. The van der Waals surface area contributed by atoms with E-state index in [9.17, 15) is 43.2 Å². The van der Waals surface area contributed by atoms with Crippen molar-refractivity contribution in [1.29, 1.82) is 0 Å². The SMILES string of the molecule is O=S(=O)([N-]c1ccccc1C=N[C@@H]1CCCC[C@H]1N=Cc1ccccc1[N-]S(=O)(=O)C(F)(F)F)C(F)(F)F.[Co+2]. The van der Waals surface area contributed by atoms with Crippen molar-refractivity contribution in [3.05, 3.63) is 69.1 Å². The van der Waals surface area contributed by atoms with Gasteiger partial charge in [-0.3, -0.25) is 9.98 Å². The van der Waals surface area contributed by atoms with Crippen molar-refractivity contribution in [2.75, 3.05) is 0 Å². The Morgan fingerprint density at radius 1 is 0.667 bits per heavy atom. The zero-order chi connectivity index (χ0) is 28.2. The van der Waals surface area contributed by atoms with Gasteiger partial charge in [0.05, 0.1) is 12.1 Å². The van der Waals surface area contributed by atoms with Crippen LogP contribution in [0.25, 0.3) is 9.44 Å². The molecule has 0 unspecified atom stereocenters. The molecule has 215 valence electrons. The van der Waals surface area contributed by atoms with E-state index in [2.05, 4.69) is 19.4 Å². The van der Waals surface area contributed by atoms with Gasteiger partial charge in [0.2, 0.25) is 0 Å². The van der Waals surface area contributed by atoms with Crippen molar-refractivity contribution in [1.82, 2.24) is 0 Å². The molecule has 2 atom stereocenters. The quantitative estimate of drug-likeness (QED) is 0.250. The minimum Gasteiger partial charge on any atom is -0.569 e. The van der Waals surface area contributed by atoms with Gasteiger partial charge in [-0.05, 0) is 24.0 Å². The Morgan fingerprint density at radius 3 is 1.33 bits per heavy atom. The van der Waals surface area contributed by atoms with Gasteiger partial charge in [0, 0.05) is 12.4 Å². The van der Waals surface area contributed by atoms with E-state index in [1.54, 1.807) is 0 Å². The van der Waals surface area contributed by atoms with Gasteiger partial charge < -0.3 is 9.44 Å². The average Bonchev–Trinajstić information content (AvgIpc) is 2.81. The average molecular weight is 641 g/mol. The Balaban J connectivity index is 0.00000533. The summed E-state index contributed by atoms with van der Waals surface area (Å²) in [4.78, 5) is 8.74. The normalized spacial score (nSPS) is 19.1. The van der Waals surface area contributed by atoms with E-state index in [1.165, 1.54) is 48.8 Å². The molecule has 1 aliphatic rings. The van der Waals surface area contributed by atoms with Crippen LogP contribution in [0.15, 0.2) is 58.5 Å². The molecule has 3 rings (SSSR count). The number of aliphatic imine (C=N–C) groups is 2. The first kappa shape index (κ1) is 32.6. The summed E-state index contributed by atoms with van der Waals surface area (Å²) in [5.74, 6) is 0. The molecule has 39 heavy (non-hydrogen) atoms. The maximum Gasteiger partial charge on any atom is 2.00 e. The van der Waals surface area contributed by atoms with Gasteiger partial charge in [0.15, 0.2) is 20.0 Å². The number of benzene rings is 2. The van der Waals surface area contributed by atoms with Crippen LogP contribution < -0.4 is 0 Å². The summed E-state index contributed by atoms with van der Waals surface area (Å²) in [6.07, 6.45) is 4.93. The zero-order valence-electron chi connectivity index (χ0n) is 19.6. The van der Waals surface area contributed by atoms with E-state index in [1.807, 2.05) is 0 Å². The molecule has 1 fully saturated rings. The van der Waals surface area contributed by atoms with Crippen LogP contribution in [0.5, 0.6) is 0 Å². The Labute approximate surface area is 231 Å². The Hall–Kier alpha value is -2.63. The predicted octanol–water partition coefficient (Wildman–Crippen LogP) is 6.24. The Bertz CT molecular complexity index is 1310. The van der Waals surface area contributed by atoms with E-state index in [0.29, 0.717) is 12.8 Å². The molecule has 1 aliphatic carbocycles. The molecule has 1 radical (unpaired) electrons. The molecular formula is C22H20CoF6N4O4S2.